The number of rotatable bonds is 9. The molecule has 2 aromatic carbocycles. The number of nitrogens with one attached hydrogen (secondary N) is 2. The van der Waals surface area contributed by atoms with Crippen LogP contribution in [0.3, 0.4) is 0 Å². The van der Waals surface area contributed by atoms with E-state index >= 15 is 0 Å². The Morgan fingerprint density at radius 1 is 1.06 bits per heavy atom. The summed E-state index contributed by atoms with van der Waals surface area (Å²) < 4.78 is 34.6. The fraction of sp³-hybridized carbons (Fsp3) is 0.424. The Labute approximate surface area is 278 Å². The lowest BCUT2D eigenvalue weighted by molar-refractivity contribution is -0.111. The molecule has 3 aliphatic rings. The van der Waals surface area contributed by atoms with E-state index in [1.165, 1.54) is 23.5 Å². The number of ether oxygens (including phenoxy) is 1. The summed E-state index contributed by atoms with van der Waals surface area (Å²) >= 11 is 5.86. The van der Waals surface area contributed by atoms with Crippen LogP contribution in [0.25, 0.3) is 0 Å². The predicted molar refractivity (Wildman–Crippen MR) is 179 cm³/mol. The van der Waals surface area contributed by atoms with Crippen molar-refractivity contribution in [2.75, 3.05) is 80.6 Å². The summed E-state index contributed by atoms with van der Waals surface area (Å²) in [4.78, 5) is 34.3. The second kappa shape index (κ2) is 14.4. The van der Waals surface area contributed by atoms with Crippen LogP contribution in [0.5, 0.6) is 5.75 Å². The van der Waals surface area contributed by atoms with Crippen molar-refractivity contribution in [3.8, 4) is 5.75 Å². The first-order valence-corrected chi connectivity index (χ1v) is 16.1. The predicted octanol–water partition coefficient (Wildman–Crippen LogP) is 5.38. The Bertz CT molecular complexity index is 1610. The number of benzene rings is 2. The van der Waals surface area contributed by atoms with E-state index in [2.05, 4.69) is 48.9 Å². The van der Waals surface area contributed by atoms with E-state index in [1.807, 2.05) is 12.1 Å². The molecule has 3 aliphatic heterocycles. The van der Waals surface area contributed by atoms with Gasteiger partial charge >= 0.3 is 0 Å². The number of piperidine rings is 1. The Morgan fingerprint density at radius 2 is 1.83 bits per heavy atom. The monoisotopic (exact) mass is 668 g/mol. The van der Waals surface area contributed by atoms with Crippen LogP contribution in [0.1, 0.15) is 30.9 Å². The minimum absolute atomic E-state index is 0.203. The summed E-state index contributed by atoms with van der Waals surface area (Å²) in [7, 11) is 3.75. The van der Waals surface area contributed by atoms with E-state index in [1.54, 1.807) is 13.2 Å². The fourth-order valence-electron chi connectivity index (χ4n) is 6.49. The Hall–Kier alpha value is -4.04. The van der Waals surface area contributed by atoms with Crippen molar-refractivity contribution >= 4 is 46.2 Å². The van der Waals surface area contributed by atoms with E-state index in [-0.39, 0.29) is 11.5 Å². The second-order valence-corrected chi connectivity index (χ2v) is 12.3. The van der Waals surface area contributed by atoms with E-state index in [4.69, 9.17) is 21.2 Å². The van der Waals surface area contributed by atoms with E-state index in [0.29, 0.717) is 47.8 Å². The molecule has 3 aromatic rings. The highest BCUT2D eigenvalue weighted by molar-refractivity contribution is 6.31. The highest BCUT2D eigenvalue weighted by Gasteiger charge is 2.33. The molecule has 1 atom stereocenters. The van der Waals surface area contributed by atoms with E-state index < -0.39 is 22.7 Å². The van der Waals surface area contributed by atoms with Crippen molar-refractivity contribution < 1.29 is 23.1 Å². The second-order valence-electron chi connectivity index (χ2n) is 11.9. The molecule has 0 saturated carbocycles. The zero-order valence-corrected chi connectivity index (χ0v) is 27.3. The van der Waals surface area contributed by atoms with Gasteiger partial charge in [-0.15, -0.1) is 0 Å². The molecule has 6 rings (SSSR count). The molecule has 3 fully saturated rings. The van der Waals surface area contributed by atoms with Gasteiger partial charge in [-0.05, 0) is 38.1 Å². The SMILES string of the molecule is C=CC(=O)Nc1cc(Nc2cc(N3OCC[C@@H]3c3ccc(F)c(Cl)c3F)ncn2)c(OC)cc1N1CCC(N2CCN(C)CC2)CC1. The summed E-state index contributed by atoms with van der Waals surface area (Å²) in [6.45, 7) is 9.96. The van der Waals surface area contributed by atoms with Gasteiger partial charge in [0.1, 0.15) is 34.6 Å². The molecule has 250 valence electrons. The average molecular weight is 669 g/mol. The molecule has 47 heavy (non-hydrogen) atoms. The molecule has 4 heterocycles. The van der Waals surface area contributed by atoms with Crippen molar-refractivity contribution in [1.82, 2.24) is 19.8 Å². The number of carbonyl (C=O) groups is 1. The maximum Gasteiger partial charge on any atom is 0.247 e. The number of carbonyl (C=O) groups excluding carboxylic acids is 1. The average Bonchev–Trinajstić information content (AvgIpc) is 3.58. The Kier molecular flexibility index (Phi) is 10.1. The van der Waals surface area contributed by atoms with Crippen LogP contribution >= 0.6 is 11.6 Å². The van der Waals surface area contributed by atoms with Crippen molar-refractivity contribution in [2.45, 2.75) is 31.3 Å². The van der Waals surface area contributed by atoms with Crippen LogP contribution in [0.4, 0.5) is 37.5 Å². The number of hydroxylamine groups is 1. The van der Waals surface area contributed by atoms with Crippen LogP contribution in [-0.2, 0) is 9.63 Å². The number of likely N-dealkylation sites (N-methyl/N-ethyl adjacent to an activating group) is 1. The normalized spacial score (nSPS) is 19.6. The van der Waals surface area contributed by atoms with Crippen LogP contribution in [0, 0.1) is 11.6 Å². The molecule has 0 spiro atoms. The number of hydrogen-bond donors (Lipinski definition) is 2. The maximum atomic E-state index is 14.9. The number of nitrogens with zero attached hydrogens (tertiary/aromatic N) is 6. The van der Waals surface area contributed by atoms with Gasteiger partial charge in [-0.2, -0.15) is 0 Å². The number of halogens is 3. The molecule has 14 heteroatoms. The summed E-state index contributed by atoms with van der Waals surface area (Å²) in [5.74, 6) is -0.668. The van der Waals surface area contributed by atoms with E-state index in [9.17, 15) is 13.6 Å². The van der Waals surface area contributed by atoms with E-state index in [0.717, 1.165) is 63.9 Å². The lowest BCUT2D eigenvalue weighted by Gasteiger charge is -2.43. The van der Waals surface area contributed by atoms with Crippen LogP contribution in [-0.4, -0.2) is 91.7 Å². The first kappa shape index (κ1) is 32.9. The zero-order chi connectivity index (χ0) is 33.1. The number of anilines is 5. The molecule has 0 bridgehead atoms. The highest BCUT2D eigenvalue weighted by atomic mass is 35.5. The number of hydrogen-bond acceptors (Lipinski definition) is 10. The van der Waals surface area contributed by atoms with Crippen LogP contribution in [0.15, 0.2) is 49.3 Å². The first-order chi connectivity index (χ1) is 22.7. The third kappa shape index (κ3) is 7.13. The van der Waals surface area contributed by atoms with Gasteiger partial charge in [0.15, 0.2) is 5.82 Å². The standard InChI is InChI=1S/C33H39ClF2N8O3/c1-4-31(45)40-24-17-25(28(46-3)18-27(24)43-10-7-21(8-11-43)42-14-12-41(2)13-15-42)39-29-19-30(38-20-37-29)44-26(9-16-47-44)22-5-6-23(35)32(34)33(22)36/h4-6,17-21,26H,1,7-16H2,2-3H3,(H,40,45)(H,37,38,39)/t26-/m1/s1. The van der Waals surface area contributed by atoms with Gasteiger partial charge in [0.2, 0.25) is 5.91 Å². The van der Waals surface area contributed by atoms with Gasteiger partial charge in [-0.3, -0.25) is 14.5 Å². The van der Waals surface area contributed by atoms with Crippen molar-refractivity contribution in [3.63, 3.8) is 0 Å². The zero-order valence-electron chi connectivity index (χ0n) is 26.5. The quantitative estimate of drug-likeness (QED) is 0.228. The molecular formula is C33H39ClF2N8O3. The molecule has 1 aromatic heterocycles. The lowest BCUT2D eigenvalue weighted by atomic mass is 10.0. The fourth-order valence-corrected chi connectivity index (χ4v) is 6.66. The molecular weight excluding hydrogens is 630 g/mol. The minimum Gasteiger partial charge on any atom is -0.494 e. The van der Waals surface area contributed by atoms with Gasteiger partial charge in [-0.1, -0.05) is 24.2 Å². The summed E-state index contributed by atoms with van der Waals surface area (Å²) in [5.41, 5.74) is 2.23. The molecule has 0 unspecified atom stereocenters. The van der Waals surface area contributed by atoms with Crippen molar-refractivity contribution in [2.24, 2.45) is 0 Å². The largest absolute Gasteiger partial charge is 0.494 e. The summed E-state index contributed by atoms with van der Waals surface area (Å²) in [5, 5.41) is 7.15. The smallest absolute Gasteiger partial charge is 0.247 e. The van der Waals surface area contributed by atoms with Gasteiger partial charge in [0.25, 0.3) is 0 Å². The van der Waals surface area contributed by atoms with Gasteiger partial charge in [-0.25, -0.2) is 23.8 Å². The molecule has 3 saturated heterocycles. The molecule has 1 amide bonds. The van der Waals surface area contributed by atoms with Crippen molar-refractivity contribution in [3.05, 3.63) is 71.5 Å². The Morgan fingerprint density at radius 3 is 2.55 bits per heavy atom. The number of aromatic nitrogens is 2. The molecule has 2 N–H and O–H groups in total. The molecule has 0 radical (unpaired) electrons. The Balaban J connectivity index is 1.23. The topological polar surface area (TPSA) is 98.3 Å². The number of methoxy groups -OCH3 is 1. The van der Waals surface area contributed by atoms with Gasteiger partial charge < -0.3 is 25.2 Å². The summed E-state index contributed by atoms with van der Waals surface area (Å²) in [6, 6.07) is 7.85. The molecule has 0 aliphatic carbocycles. The van der Waals surface area contributed by atoms with Crippen molar-refractivity contribution in [1.29, 1.82) is 0 Å². The van der Waals surface area contributed by atoms with Crippen LogP contribution < -0.4 is 25.3 Å². The van der Waals surface area contributed by atoms with Gasteiger partial charge in [0, 0.05) is 69.4 Å². The first-order valence-electron chi connectivity index (χ1n) is 15.7. The number of amides is 1. The highest BCUT2D eigenvalue weighted by Crippen LogP contribution is 2.41. The summed E-state index contributed by atoms with van der Waals surface area (Å²) in [6.07, 6.45) is 5.09. The van der Waals surface area contributed by atoms with Crippen LogP contribution in [0.2, 0.25) is 5.02 Å². The third-order valence-electron chi connectivity index (χ3n) is 9.09. The minimum atomic E-state index is -0.831. The number of piperazine rings is 1. The third-order valence-corrected chi connectivity index (χ3v) is 9.44. The molecule has 11 nitrogen and oxygen atoms in total. The lowest BCUT2D eigenvalue weighted by Crippen LogP contribution is -2.52. The van der Waals surface area contributed by atoms with Gasteiger partial charge in [0.05, 0.1) is 36.8 Å². The maximum absolute atomic E-state index is 14.9.